The zero-order valence-corrected chi connectivity index (χ0v) is 10.6. The topological polar surface area (TPSA) is 64.9 Å². The van der Waals surface area contributed by atoms with Crippen molar-refractivity contribution in [1.82, 2.24) is 0 Å². The maximum absolute atomic E-state index is 13.4. The van der Waals surface area contributed by atoms with E-state index in [-0.39, 0.29) is 5.69 Å². The van der Waals surface area contributed by atoms with Gasteiger partial charge in [-0.2, -0.15) is 5.26 Å². The number of urea groups is 1. The smallest absolute Gasteiger partial charge is 0.308 e. The van der Waals surface area contributed by atoms with Gasteiger partial charge in [-0.15, -0.1) is 0 Å². The summed E-state index contributed by atoms with van der Waals surface area (Å²) in [5.74, 6) is -0.494. The Morgan fingerprint density at radius 2 is 1.80 bits per heavy atom. The van der Waals surface area contributed by atoms with E-state index in [9.17, 15) is 9.18 Å². The third kappa shape index (κ3) is 3.56. The van der Waals surface area contributed by atoms with Crippen molar-refractivity contribution >= 4 is 17.4 Å². The van der Waals surface area contributed by atoms with E-state index in [2.05, 4.69) is 10.6 Å². The highest BCUT2D eigenvalue weighted by Gasteiger charge is 2.06. The van der Waals surface area contributed by atoms with Gasteiger partial charge in [-0.05, 0) is 29.8 Å². The number of benzene rings is 2. The summed E-state index contributed by atoms with van der Waals surface area (Å²) in [7, 11) is 0. The summed E-state index contributed by atoms with van der Waals surface area (Å²) < 4.78 is 13.4. The Bertz CT molecular complexity index is 647. The maximum Gasteiger partial charge on any atom is 0.323 e. The normalized spacial score (nSPS) is 9.60. The Hall–Kier alpha value is -2.87. The molecule has 2 aromatic rings. The molecule has 0 spiro atoms. The molecule has 0 radical (unpaired) electrons. The molecule has 0 atom stereocenters. The fraction of sp³-hybridized carbons (Fsp3) is 0.0667. The number of anilines is 2. The van der Waals surface area contributed by atoms with Crippen molar-refractivity contribution in [2.75, 3.05) is 10.6 Å². The van der Waals surface area contributed by atoms with Crippen molar-refractivity contribution in [3.05, 3.63) is 59.9 Å². The summed E-state index contributed by atoms with van der Waals surface area (Å²) in [5, 5.41) is 13.6. The molecule has 0 saturated carbocycles. The molecule has 4 nitrogen and oxygen atoms in total. The molecule has 5 heteroatoms. The van der Waals surface area contributed by atoms with Crippen LogP contribution in [0.4, 0.5) is 20.6 Å². The van der Waals surface area contributed by atoms with E-state index in [1.807, 2.05) is 6.07 Å². The van der Waals surface area contributed by atoms with Gasteiger partial charge in [0, 0.05) is 5.69 Å². The zero-order valence-electron chi connectivity index (χ0n) is 10.6. The molecular formula is C15H12FN3O. The van der Waals surface area contributed by atoms with Gasteiger partial charge in [-0.1, -0.05) is 24.3 Å². The minimum absolute atomic E-state index is 0.117. The van der Waals surface area contributed by atoms with E-state index < -0.39 is 11.8 Å². The summed E-state index contributed by atoms with van der Waals surface area (Å²) in [5.41, 5.74) is 1.55. The van der Waals surface area contributed by atoms with Crippen molar-refractivity contribution < 1.29 is 9.18 Å². The Kier molecular flexibility index (Phi) is 4.30. The molecule has 2 N–H and O–H groups in total. The average Bonchev–Trinajstić information content (AvgIpc) is 2.44. The van der Waals surface area contributed by atoms with Crippen LogP contribution in [0.3, 0.4) is 0 Å². The second-order valence-corrected chi connectivity index (χ2v) is 4.09. The van der Waals surface area contributed by atoms with Crippen molar-refractivity contribution in [2.24, 2.45) is 0 Å². The number of rotatable bonds is 3. The first-order valence-electron chi connectivity index (χ1n) is 5.97. The van der Waals surface area contributed by atoms with Gasteiger partial charge in [-0.25, -0.2) is 9.18 Å². The van der Waals surface area contributed by atoms with Crippen LogP contribution in [0.2, 0.25) is 0 Å². The van der Waals surface area contributed by atoms with Gasteiger partial charge in [0.15, 0.2) is 0 Å². The first kappa shape index (κ1) is 13.6. The lowest BCUT2D eigenvalue weighted by Gasteiger charge is -2.08. The van der Waals surface area contributed by atoms with Crippen LogP contribution in [0.25, 0.3) is 0 Å². The Morgan fingerprint density at radius 3 is 2.45 bits per heavy atom. The quantitative estimate of drug-likeness (QED) is 0.895. The minimum Gasteiger partial charge on any atom is -0.308 e. The number of halogens is 1. The number of hydrogen-bond donors (Lipinski definition) is 2. The summed E-state index contributed by atoms with van der Waals surface area (Å²) in [6.45, 7) is 0. The van der Waals surface area contributed by atoms with Crippen molar-refractivity contribution in [2.45, 2.75) is 6.42 Å². The second-order valence-electron chi connectivity index (χ2n) is 4.09. The molecule has 0 saturated heterocycles. The predicted octanol–water partition coefficient (Wildman–Crippen LogP) is 3.54. The maximum atomic E-state index is 13.4. The van der Waals surface area contributed by atoms with Crippen LogP contribution in [-0.2, 0) is 6.42 Å². The lowest BCUT2D eigenvalue weighted by molar-refractivity contribution is 0.262. The number of carbonyl (C=O) groups is 1. The number of para-hydroxylation sites is 1. The largest absolute Gasteiger partial charge is 0.323 e. The fourth-order valence-corrected chi connectivity index (χ4v) is 1.64. The molecule has 0 aromatic heterocycles. The molecule has 0 aliphatic heterocycles. The number of hydrogen-bond acceptors (Lipinski definition) is 2. The van der Waals surface area contributed by atoms with Crippen LogP contribution in [0.15, 0.2) is 48.5 Å². The third-order valence-electron chi connectivity index (χ3n) is 2.62. The van der Waals surface area contributed by atoms with Crippen molar-refractivity contribution in [3.63, 3.8) is 0 Å². The molecule has 0 fully saturated rings. The van der Waals surface area contributed by atoms with E-state index in [4.69, 9.17) is 5.26 Å². The Morgan fingerprint density at radius 1 is 1.10 bits per heavy atom. The average molecular weight is 269 g/mol. The summed E-state index contributed by atoms with van der Waals surface area (Å²) in [6.07, 6.45) is 0.321. The monoisotopic (exact) mass is 269 g/mol. The summed E-state index contributed by atoms with van der Waals surface area (Å²) in [6, 6.07) is 14.3. The molecular weight excluding hydrogens is 257 g/mol. The molecule has 2 rings (SSSR count). The number of amides is 2. The van der Waals surface area contributed by atoms with Crippen LogP contribution in [-0.4, -0.2) is 6.03 Å². The van der Waals surface area contributed by atoms with Gasteiger partial charge < -0.3 is 10.6 Å². The zero-order chi connectivity index (χ0) is 14.4. The lowest BCUT2D eigenvalue weighted by atomic mass is 10.1. The molecule has 20 heavy (non-hydrogen) atoms. The van der Waals surface area contributed by atoms with Crippen molar-refractivity contribution in [1.29, 1.82) is 5.26 Å². The SMILES string of the molecule is N#CCc1ccc(NC(=O)Nc2ccccc2F)cc1. The van der Waals surface area contributed by atoms with Crippen LogP contribution in [0.5, 0.6) is 0 Å². The molecule has 2 aromatic carbocycles. The number of nitrogens with one attached hydrogen (secondary N) is 2. The first-order chi connectivity index (χ1) is 9.69. The number of carbonyl (C=O) groups excluding carboxylic acids is 1. The van der Waals surface area contributed by atoms with Gasteiger partial charge in [0.25, 0.3) is 0 Å². The summed E-state index contributed by atoms with van der Waals surface area (Å²) >= 11 is 0. The summed E-state index contributed by atoms with van der Waals surface area (Å²) in [4.78, 5) is 11.7. The van der Waals surface area contributed by atoms with E-state index in [1.165, 1.54) is 12.1 Å². The fourth-order valence-electron chi connectivity index (χ4n) is 1.64. The molecule has 0 heterocycles. The van der Waals surface area contributed by atoms with Crippen LogP contribution >= 0.6 is 0 Å². The van der Waals surface area contributed by atoms with Crippen molar-refractivity contribution in [3.8, 4) is 6.07 Å². The second kappa shape index (κ2) is 6.34. The van der Waals surface area contributed by atoms with Gasteiger partial charge in [0.05, 0.1) is 18.2 Å². The minimum atomic E-state index is -0.525. The highest BCUT2D eigenvalue weighted by molar-refractivity contribution is 5.99. The van der Waals surface area contributed by atoms with Gasteiger partial charge in [-0.3, -0.25) is 0 Å². The van der Waals surface area contributed by atoms with E-state index in [0.717, 1.165) is 5.56 Å². The van der Waals surface area contributed by atoms with Gasteiger partial charge >= 0.3 is 6.03 Å². The molecule has 0 bridgehead atoms. The molecule has 0 aliphatic rings. The van der Waals surface area contributed by atoms with Gasteiger partial charge in [0.1, 0.15) is 5.82 Å². The highest BCUT2D eigenvalue weighted by Crippen LogP contribution is 2.14. The molecule has 2 amide bonds. The number of nitrogens with zero attached hydrogens (tertiary/aromatic N) is 1. The van der Waals surface area contributed by atoms with E-state index in [1.54, 1.807) is 36.4 Å². The predicted molar refractivity (Wildman–Crippen MR) is 74.8 cm³/mol. The molecule has 100 valence electrons. The lowest BCUT2D eigenvalue weighted by Crippen LogP contribution is -2.20. The standard InChI is InChI=1S/C15H12FN3O/c16-13-3-1-2-4-14(13)19-15(20)18-12-7-5-11(6-8-12)9-10-17/h1-8H,9H2,(H2,18,19,20). The Labute approximate surface area is 115 Å². The van der Waals surface area contributed by atoms with E-state index >= 15 is 0 Å². The Balaban J connectivity index is 1.98. The first-order valence-corrected chi connectivity index (χ1v) is 5.97. The number of nitriles is 1. The molecule has 0 aliphatic carbocycles. The van der Waals surface area contributed by atoms with Crippen LogP contribution < -0.4 is 10.6 Å². The van der Waals surface area contributed by atoms with Gasteiger partial charge in [0.2, 0.25) is 0 Å². The van der Waals surface area contributed by atoms with Crippen LogP contribution in [0.1, 0.15) is 5.56 Å². The third-order valence-corrected chi connectivity index (χ3v) is 2.62. The highest BCUT2D eigenvalue weighted by atomic mass is 19.1. The van der Waals surface area contributed by atoms with E-state index in [0.29, 0.717) is 12.1 Å². The molecule has 0 unspecified atom stereocenters. The van der Waals surface area contributed by atoms with Crippen LogP contribution in [0, 0.1) is 17.1 Å².